The minimum Gasteiger partial charge on any atom is -0.507 e. The third-order valence-electron chi connectivity index (χ3n) is 4.33. The Bertz CT molecular complexity index is 1040. The Morgan fingerprint density at radius 1 is 1.08 bits per heavy atom. The highest BCUT2D eigenvalue weighted by atomic mass is 16.3. The number of hydrogen-bond donors (Lipinski definition) is 5. The normalized spacial score (nSPS) is 13.4. The van der Waals surface area contributed by atoms with E-state index in [9.17, 15) is 30.3 Å². The summed E-state index contributed by atoms with van der Waals surface area (Å²) in [6, 6.07) is 5.59. The monoisotopic (exact) mass is 360 g/mol. The Labute approximate surface area is 148 Å². The Balaban J connectivity index is 2.21. The third kappa shape index (κ3) is 3.07. The lowest BCUT2D eigenvalue weighted by atomic mass is 9.95. The topological polar surface area (TPSA) is 131 Å². The number of rotatable bonds is 4. The predicted octanol–water partition coefficient (Wildman–Crippen LogP) is 2.65. The highest BCUT2D eigenvalue weighted by Gasteiger charge is 2.24. The first-order valence-electron chi connectivity index (χ1n) is 8.14. The van der Waals surface area contributed by atoms with Gasteiger partial charge in [-0.15, -0.1) is 0 Å². The Morgan fingerprint density at radius 3 is 2.42 bits per heavy atom. The molecule has 0 aliphatic carbocycles. The molecule has 0 saturated heterocycles. The number of phenolic OH excluding ortho intramolecular Hbond substituents is 3. The zero-order chi connectivity index (χ0) is 19.2. The maximum atomic E-state index is 12.6. The zero-order valence-electron chi connectivity index (χ0n) is 14.4. The molecule has 1 heterocycles. The second-order valence-corrected chi connectivity index (χ2v) is 6.98. The second kappa shape index (κ2) is 6.19. The van der Waals surface area contributed by atoms with Gasteiger partial charge < -0.3 is 29.9 Å². The average molecular weight is 360 g/mol. The molecule has 7 nitrogen and oxygen atoms in total. The minimum absolute atomic E-state index is 0.0121. The van der Waals surface area contributed by atoms with Gasteiger partial charge in [0.25, 0.3) is 0 Å². The average Bonchev–Trinajstić information content (AvgIpc) is 2.55. The van der Waals surface area contributed by atoms with E-state index in [0.717, 1.165) is 0 Å². The van der Waals surface area contributed by atoms with Gasteiger partial charge in [0.1, 0.15) is 27.7 Å². The SMILES string of the molecule is CC(C)(O)CCC(O)c1cc2oc3cccc(O)c3c(=O)c2c(O)c1O. The molecule has 7 heteroatoms. The third-order valence-corrected chi connectivity index (χ3v) is 4.33. The summed E-state index contributed by atoms with van der Waals surface area (Å²) in [4.78, 5) is 12.6. The molecule has 1 aromatic heterocycles. The van der Waals surface area contributed by atoms with Gasteiger partial charge in [-0.2, -0.15) is 0 Å². The number of aliphatic hydroxyl groups is 2. The number of fused-ring (bicyclic) bond motifs is 2. The van der Waals surface area contributed by atoms with Crippen LogP contribution >= 0.6 is 0 Å². The highest BCUT2D eigenvalue weighted by Crippen LogP contribution is 2.41. The van der Waals surface area contributed by atoms with Crippen molar-refractivity contribution in [2.24, 2.45) is 0 Å². The van der Waals surface area contributed by atoms with E-state index in [-0.39, 0.29) is 46.1 Å². The largest absolute Gasteiger partial charge is 0.507 e. The fourth-order valence-corrected chi connectivity index (χ4v) is 2.93. The maximum absolute atomic E-state index is 12.6. The first kappa shape index (κ1) is 18.0. The lowest BCUT2D eigenvalue weighted by molar-refractivity contribution is 0.0480. The van der Waals surface area contributed by atoms with Crippen LogP contribution in [0.5, 0.6) is 17.2 Å². The molecule has 0 aliphatic rings. The van der Waals surface area contributed by atoms with Crippen LogP contribution in [0, 0.1) is 0 Å². The Kier molecular flexibility index (Phi) is 4.29. The molecule has 2 aromatic carbocycles. The fourth-order valence-electron chi connectivity index (χ4n) is 2.93. The maximum Gasteiger partial charge on any atom is 0.208 e. The van der Waals surface area contributed by atoms with Crippen molar-refractivity contribution in [3.63, 3.8) is 0 Å². The molecule has 0 bridgehead atoms. The summed E-state index contributed by atoms with van der Waals surface area (Å²) in [6.07, 6.45) is -0.801. The molecular formula is C19H20O7. The molecule has 0 aliphatic heterocycles. The first-order chi connectivity index (χ1) is 12.1. The molecule has 1 atom stereocenters. The summed E-state index contributed by atoms with van der Waals surface area (Å²) >= 11 is 0. The van der Waals surface area contributed by atoms with E-state index in [1.807, 2.05) is 0 Å². The van der Waals surface area contributed by atoms with Gasteiger partial charge in [-0.1, -0.05) is 6.07 Å². The van der Waals surface area contributed by atoms with Crippen molar-refractivity contribution >= 4 is 21.9 Å². The van der Waals surface area contributed by atoms with Crippen molar-refractivity contribution in [1.29, 1.82) is 0 Å². The molecule has 0 spiro atoms. The smallest absolute Gasteiger partial charge is 0.208 e. The van der Waals surface area contributed by atoms with Gasteiger partial charge in [-0.05, 0) is 44.9 Å². The van der Waals surface area contributed by atoms with Crippen molar-refractivity contribution in [1.82, 2.24) is 0 Å². The number of benzene rings is 2. The van der Waals surface area contributed by atoms with E-state index in [2.05, 4.69) is 0 Å². The van der Waals surface area contributed by atoms with Gasteiger partial charge in [0.05, 0.1) is 11.7 Å². The van der Waals surface area contributed by atoms with Crippen LogP contribution in [0.15, 0.2) is 33.5 Å². The lowest BCUT2D eigenvalue weighted by Gasteiger charge is -2.20. The summed E-state index contributed by atoms with van der Waals surface area (Å²) < 4.78 is 5.59. The van der Waals surface area contributed by atoms with Crippen LogP contribution in [0.4, 0.5) is 0 Å². The van der Waals surface area contributed by atoms with E-state index >= 15 is 0 Å². The quantitative estimate of drug-likeness (QED) is 0.357. The van der Waals surface area contributed by atoms with E-state index in [0.29, 0.717) is 0 Å². The molecule has 0 radical (unpaired) electrons. The minimum atomic E-state index is -1.18. The summed E-state index contributed by atoms with van der Waals surface area (Å²) in [6.45, 7) is 3.18. The number of hydrogen-bond acceptors (Lipinski definition) is 7. The highest BCUT2D eigenvalue weighted by molar-refractivity contribution is 5.97. The van der Waals surface area contributed by atoms with Crippen molar-refractivity contribution < 1.29 is 29.9 Å². The molecule has 3 aromatic rings. The van der Waals surface area contributed by atoms with Crippen LogP contribution in [-0.4, -0.2) is 31.1 Å². The standard InChI is InChI=1S/C19H20O7/c1-19(2,25)7-6-10(20)9-8-13-15(18(24)16(9)22)17(23)14-11(21)4-3-5-12(14)26-13/h3-5,8,10,20-22,24-25H,6-7H2,1-2H3. The van der Waals surface area contributed by atoms with Crippen molar-refractivity contribution in [2.45, 2.75) is 38.4 Å². The predicted molar refractivity (Wildman–Crippen MR) is 95.5 cm³/mol. The summed E-state index contributed by atoms with van der Waals surface area (Å²) in [5, 5.41) is 50.2. The molecule has 138 valence electrons. The number of aromatic hydroxyl groups is 3. The van der Waals surface area contributed by atoms with E-state index in [4.69, 9.17) is 4.42 Å². The Morgan fingerprint density at radius 2 is 1.77 bits per heavy atom. The van der Waals surface area contributed by atoms with Crippen LogP contribution in [0.3, 0.4) is 0 Å². The molecular weight excluding hydrogens is 340 g/mol. The summed E-state index contributed by atoms with van der Waals surface area (Å²) in [5.41, 5.74) is -1.62. The second-order valence-electron chi connectivity index (χ2n) is 6.98. The van der Waals surface area contributed by atoms with Crippen LogP contribution in [0.2, 0.25) is 0 Å². The van der Waals surface area contributed by atoms with Gasteiger partial charge in [-0.25, -0.2) is 0 Å². The summed E-state index contributed by atoms with van der Waals surface area (Å²) in [5.74, 6) is -1.66. The van der Waals surface area contributed by atoms with Crippen molar-refractivity contribution in [2.75, 3.05) is 0 Å². The lowest BCUT2D eigenvalue weighted by Crippen LogP contribution is -2.19. The molecule has 5 N–H and O–H groups in total. The van der Waals surface area contributed by atoms with Crippen LogP contribution < -0.4 is 5.43 Å². The van der Waals surface area contributed by atoms with Crippen LogP contribution in [-0.2, 0) is 0 Å². The molecule has 26 heavy (non-hydrogen) atoms. The van der Waals surface area contributed by atoms with E-state index in [1.165, 1.54) is 24.3 Å². The number of phenols is 3. The van der Waals surface area contributed by atoms with Crippen molar-refractivity contribution in [3.05, 3.63) is 40.1 Å². The molecule has 0 saturated carbocycles. The van der Waals surface area contributed by atoms with Crippen LogP contribution in [0.25, 0.3) is 21.9 Å². The van der Waals surface area contributed by atoms with Gasteiger partial charge in [0.15, 0.2) is 11.5 Å². The molecule has 0 fully saturated rings. The fraction of sp³-hybridized carbons (Fsp3) is 0.316. The van der Waals surface area contributed by atoms with Gasteiger partial charge in [0.2, 0.25) is 5.43 Å². The zero-order valence-corrected chi connectivity index (χ0v) is 14.4. The Hall–Kier alpha value is -2.77. The molecule has 0 amide bonds. The van der Waals surface area contributed by atoms with E-state index in [1.54, 1.807) is 13.8 Å². The molecule has 1 unspecified atom stereocenters. The number of aliphatic hydroxyl groups excluding tert-OH is 1. The first-order valence-corrected chi connectivity index (χ1v) is 8.14. The van der Waals surface area contributed by atoms with Crippen molar-refractivity contribution in [3.8, 4) is 17.2 Å². The van der Waals surface area contributed by atoms with Crippen LogP contribution in [0.1, 0.15) is 38.4 Å². The van der Waals surface area contributed by atoms with Gasteiger partial charge >= 0.3 is 0 Å². The molecule has 3 rings (SSSR count). The van der Waals surface area contributed by atoms with Gasteiger partial charge in [-0.3, -0.25) is 4.79 Å². The van der Waals surface area contributed by atoms with Gasteiger partial charge in [0, 0.05) is 5.56 Å². The summed E-state index contributed by atoms with van der Waals surface area (Å²) in [7, 11) is 0. The van der Waals surface area contributed by atoms with E-state index < -0.39 is 28.6 Å².